The summed E-state index contributed by atoms with van der Waals surface area (Å²) in [6.07, 6.45) is 4.46. The van der Waals surface area contributed by atoms with Crippen LogP contribution in [-0.2, 0) is 10.2 Å². The highest BCUT2D eigenvalue weighted by molar-refractivity contribution is 5.97. The molecular weight excluding hydrogens is 385 g/mol. The summed E-state index contributed by atoms with van der Waals surface area (Å²) in [6, 6.07) is 11.5. The van der Waals surface area contributed by atoms with Crippen molar-refractivity contribution < 1.29 is 23.5 Å². The molecule has 4 rings (SSSR count). The first-order valence-electron chi connectivity index (χ1n) is 10.5. The fraction of sp³-hybridized carbons (Fsp3) is 0.417. The van der Waals surface area contributed by atoms with Crippen molar-refractivity contribution in [2.24, 2.45) is 0 Å². The Balaban J connectivity index is 1.36. The van der Waals surface area contributed by atoms with E-state index in [1.807, 2.05) is 12.1 Å². The van der Waals surface area contributed by atoms with E-state index in [2.05, 4.69) is 11.4 Å². The van der Waals surface area contributed by atoms with E-state index in [1.165, 1.54) is 24.3 Å². The predicted molar refractivity (Wildman–Crippen MR) is 111 cm³/mol. The van der Waals surface area contributed by atoms with E-state index in [0.29, 0.717) is 25.3 Å². The zero-order chi connectivity index (χ0) is 21.0. The average molecular weight is 411 g/mol. The number of halogens is 1. The van der Waals surface area contributed by atoms with Gasteiger partial charge in [0.05, 0.1) is 0 Å². The normalized spacial score (nSPS) is 16.8. The third-order valence-electron chi connectivity index (χ3n) is 6.08. The van der Waals surface area contributed by atoms with Gasteiger partial charge in [-0.25, -0.2) is 4.39 Å². The van der Waals surface area contributed by atoms with Crippen LogP contribution in [0.3, 0.4) is 0 Å². The molecule has 30 heavy (non-hydrogen) atoms. The van der Waals surface area contributed by atoms with Gasteiger partial charge in [0.15, 0.2) is 17.3 Å². The molecule has 0 spiro atoms. The lowest BCUT2D eigenvalue weighted by Gasteiger charge is -2.31. The SMILES string of the molecule is O=C(CCC(=O)c1ccc(F)cc1)NCC1(c2ccc3c(c2)OCCO3)CCCC1. The number of Topliss-reactive ketones (excluding diaryl/α,β-unsaturated/α-hetero) is 1. The highest BCUT2D eigenvalue weighted by atomic mass is 19.1. The summed E-state index contributed by atoms with van der Waals surface area (Å²) in [6.45, 7) is 1.64. The lowest BCUT2D eigenvalue weighted by atomic mass is 9.78. The first kappa shape index (κ1) is 20.4. The van der Waals surface area contributed by atoms with E-state index in [1.54, 1.807) is 0 Å². The molecule has 1 aliphatic carbocycles. The second-order valence-corrected chi connectivity index (χ2v) is 8.05. The van der Waals surface area contributed by atoms with Gasteiger partial charge in [-0.15, -0.1) is 0 Å². The minimum absolute atomic E-state index is 0.106. The van der Waals surface area contributed by atoms with Gasteiger partial charge in [-0.2, -0.15) is 0 Å². The van der Waals surface area contributed by atoms with Crippen molar-refractivity contribution in [3.63, 3.8) is 0 Å². The lowest BCUT2D eigenvalue weighted by Crippen LogP contribution is -2.39. The van der Waals surface area contributed by atoms with Crippen molar-refractivity contribution in [2.75, 3.05) is 19.8 Å². The molecule has 2 aromatic carbocycles. The minimum Gasteiger partial charge on any atom is -0.486 e. The number of ether oxygens (including phenoxy) is 2. The van der Waals surface area contributed by atoms with Crippen molar-refractivity contribution in [1.82, 2.24) is 5.32 Å². The summed E-state index contributed by atoms with van der Waals surface area (Å²) in [5.74, 6) is 0.842. The first-order valence-corrected chi connectivity index (χ1v) is 10.5. The van der Waals surface area contributed by atoms with Crippen molar-refractivity contribution >= 4 is 11.7 Å². The Bertz CT molecular complexity index is 919. The number of hydrogen-bond acceptors (Lipinski definition) is 4. The van der Waals surface area contributed by atoms with Crippen LogP contribution in [0.2, 0.25) is 0 Å². The van der Waals surface area contributed by atoms with Gasteiger partial charge in [-0.1, -0.05) is 18.9 Å². The van der Waals surface area contributed by atoms with Gasteiger partial charge in [0.2, 0.25) is 5.91 Å². The molecule has 1 fully saturated rings. The number of hydrogen-bond donors (Lipinski definition) is 1. The number of amides is 1. The van der Waals surface area contributed by atoms with Crippen LogP contribution in [0.25, 0.3) is 0 Å². The third-order valence-corrected chi connectivity index (χ3v) is 6.08. The van der Waals surface area contributed by atoms with Crippen molar-refractivity contribution in [3.8, 4) is 11.5 Å². The quantitative estimate of drug-likeness (QED) is 0.694. The molecule has 1 saturated carbocycles. The van der Waals surface area contributed by atoms with Gasteiger partial charge >= 0.3 is 0 Å². The van der Waals surface area contributed by atoms with Crippen molar-refractivity contribution in [1.29, 1.82) is 0 Å². The number of nitrogens with one attached hydrogen (secondary N) is 1. The molecule has 1 amide bonds. The van der Waals surface area contributed by atoms with Crippen LogP contribution >= 0.6 is 0 Å². The fourth-order valence-electron chi connectivity index (χ4n) is 4.36. The van der Waals surface area contributed by atoms with Crippen LogP contribution in [0.5, 0.6) is 11.5 Å². The first-order chi connectivity index (χ1) is 14.6. The molecule has 5 nitrogen and oxygen atoms in total. The second kappa shape index (κ2) is 8.86. The third kappa shape index (κ3) is 4.48. The van der Waals surface area contributed by atoms with E-state index in [4.69, 9.17) is 9.47 Å². The van der Waals surface area contributed by atoms with Gasteiger partial charge in [0.1, 0.15) is 19.0 Å². The molecule has 2 aromatic rings. The number of rotatable bonds is 7. The number of benzene rings is 2. The molecule has 0 aromatic heterocycles. The molecule has 0 bridgehead atoms. The van der Waals surface area contributed by atoms with Crippen molar-refractivity contribution in [2.45, 2.75) is 43.9 Å². The molecule has 158 valence electrons. The molecule has 0 unspecified atom stereocenters. The molecule has 0 atom stereocenters. The average Bonchev–Trinajstić information content (AvgIpc) is 3.26. The highest BCUT2D eigenvalue weighted by Crippen LogP contribution is 2.43. The molecule has 1 N–H and O–H groups in total. The van der Waals surface area contributed by atoms with Crippen LogP contribution < -0.4 is 14.8 Å². The second-order valence-electron chi connectivity index (χ2n) is 8.05. The number of fused-ring (bicyclic) bond motifs is 1. The highest BCUT2D eigenvalue weighted by Gasteiger charge is 2.36. The molecule has 1 heterocycles. The number of carbonyl (C=O) groups excluding carboxylic acids is 2. The summed E-state index contributed by atoms with van der Waals surface area (Å²) in [4.78, 5) is 24.6. The standard InChI is InChI=1S/C24H26FNO4/c25-19-6-3-17(4-7-19)20(27)8-10-23(28)26-16-24(11-1-2-12-24)18-5-9-21-22(15-18)30-14-13-29-21/h3-7,9,15H,1-2,8,10-14,16H2,(H,26,28). The Labute approximate surface area is 175 Å². The van der Waals surface area contributed by atoms with Gasteiger partial charge < -0.3 is 14.8 Å². The van der Waals surface area contributed by atoms with Crippen LogP contribution in [0.4, 0.5) is 4.39 Å². The molecule has 0 radical (unpaired) electrons. The van der Waals surface area contributed by atoms with E-state index >= 15 is 0 Å². The summed E-state index contributed by atoms with van der Waals surface area (Å²) in [5.41, 5.74) is 1.46. The Hall–Kier alpha value is -2.89. The maximum atomic E-state index is 13.0. The molecular formula is C24H26FNO4. The van der Waals surface area contributed by atoms with Crippen LogP contribution in [0.1, 0.15) is 54.4 Å². The van der Waals surface area contributed by atoms with E-state index < -0.39 is 0 Å². The molecule has 2 aliphatic rings. The van der Waals surface area contributed by atoms with Gasteiger partial charge in [0.25, 0.3) is 0 Å². The molecule has 6 heteroatoms. The zero-order valence-electron chi connectivity index (χ0n) is 16.9. The van der Waals surface area contributed by atoms with E-state index in [9.17, 15) is 14.0 Å². The Morgan fingerprint density at radius 1 is 0.933 bits per heavy atom. The topological polar surface area (TPSA) is 64.6 Å². The van der Waals surface area contributed by atoms with Crippen molar-refractivity contribution in [3.05, 3.63) is 59.4 Å². The van der Waals surface area contributed by atoms with Crippen LogP contribution in [0, 0.1) is 5.82 Å². The maximum absolute atomic E-state index is 13.0. The maximum Gasteiger partial charge on any atom is 0.220 e. The predicted octanol–water partition coefficient (Wildman–Crippen LogP) is 4.19. The summed E-state index contributed by atoms with van der Waals surface area (Å²) in [5, 5.41) is 3.04. The van der Waals surface area contributed by atoms with Crippen LogP contribution in [-0.4, -0.2) is 31.4 Å². The smallest absolute Gasteiger partial charge is 0.220 e. The Morgan fingerprint density at radius 3 is 2.37 bits per heavy atom. The summed E-state index contributed by atoms with van der Waals surface area (Å²) in [7, 11) is 0. The fourth-order valence-corrected chi connectivity index (χ4v) is 4.36. The molecule has 1 aliphatic heterocycles. The summed E-state index contributed by atoms with van der Waals surface area (Å²) < 4.78 is 24.3. The Morgan fingerprint density at radius 2 is 1.63 bits per heavy atom. The van der Waals surface area contributed by atoms with Gasteiger partial charge in [-0.3, -0.25) is 9.59 Å². The zero-order valence-corrected chi connectivity index (χ0v) is 16.9. The number of carbonyl (C=O) groups is 2. The number of ketones is 1. The largest absolute Gasteiger partial charge is 0.486 e. The van der Waals surface area contributed by atoms with E-state index in [-0.39, 0.29) is 35.8 Å². The molecule has 0 saturated heterocycles. The Kier molecular flexibility index (Phi) is 6.02. The minimum atomic E-state index is -0.384. The van der Waals surface area contributed by atoms with Gasteiger partial charge in [-0.05, 0) is 54.8 Å². The van der Waals surface area contributed by atoms with Gasteiger partial charge in [0, 0.05) is 30.4 Å². The van der Waals surface area contributed by atoms with Crippen LogP contribution in [0.15, 0.2) is 42.5 Å². The monoisotopic (exact) mass is 411 g/mol. The van der Waals surface area contributed by atoms with E-state index in [0.717, 1.165) is 42.7 Å². The lowest BCUT2D eigenvalue weighted by molar-refractivity contribution is -0.121. The summed E-state index contributed by atoms with van der Waals surface area (Å²) >= 11 is 0.